The van der Waals surface area contributed by atoms with Crippen LogP contribution in [0, 0.1) is 6.92 Å². The Morgan fingerprint density at radius 2 is 1.83 bits per heavy atom. The van der Waals surface area contributed by atoms with Crippen molar-refractivity contribution in [2.75, 3.05) is 7.11 Å². The van der Waals surface area contributed by atoms with Crippen molar-refractivity contribution in [2.24, 2.45) is 0 Å². The molecule has 3 rings (SSSR count). The number of aromatic amines is 1. The fraction of sp³-hybridized carbons (Fsp3) is 0.133. The number of aryl methyl sites for hydroxylation is 1. The monoisotopic (exact) mass is 238 g/mol. The van der Waals surface area contributed by atoms with Gasteiger partial charge in [-0.15, -0.1) is 0 Å². The van der Waals surface area contributed by atoms with Gasteiger partial charge in [0, 0.05) is 5.56 Å². The molecule has 1 heterocycles. The smallest absolute Gasteiger partial charge is 0.138 e. The number of aromatic nitrogens is 2. The van der Waals surface area contributed by atoms with Gasteiger partial charge >= 0.3 is 0 Å². The van der Waals surface area contributed by atoms with Crippen LogP contribution in [0.15, 0.2) is 42.5 Å². The topological polar surface area (TPSA) is 37.9 Å². The first-order valence-corrected chi connectivity index (χ1v) is 5.87. The van der Waals surface area contributed by atoms with E-state index in [1.54, 1.807) is 7.11 Å². The molecular formula is C15H14N2O. The highest BCUT2D eigenvalue weighted by Crippen LogP contribution is 2.23. The molecular weight excluding hydrogens is 224 g/mol. The molecule has 0 aliphatic heterocycles. The molecule has 2 aromatic carbocycles. The molecule has 0 unspecified atom stereocenters. The van der Waals surface area contributed by atoms with E-state index in [1.165, 1.54) is 5.56 Å². The zero-order chi connectivity index (χ0) is 12.5. The second-order valence-electron chi connectivity index (χ2n) is 4.33. The van der Waals surface area contributed by atoms with E-state index in [4.69, 9.17) is 4.74 Å². The normalized spacial score (nSPS) is 10.8. The summed E-state index contributed by atoms with van der Waals surface area (Å²) in [5.74, 6) is 1.74. The van der Waals surface area contributed by atoms with Gasteiger partial charge in [0.25, 0.3) is 0 Å². The number of fused-ring (bicyclic) bond motifs is 1. The summed E-state index contributed by atoms with van der Waals surface area (Å²) >= 11 is 0. The van der Waals surface area contributed by atoms with Crippen LogP contribution >= 0.6 is 0 Å². The van der Waals surface area contributed by atoms with Crippen LogP contribution in [-0.2, 0) is 0 Å². The lowest BCUT2D eigenvalue weighted by atomic mass is 10.2. The molecule has 18 heavy (non-hydrogen) atoms. The van der Waals surface area contributed by atoms with Gasteiger partial charge in [0.2, 0.25) is 0 Å². The highest BCUT2D eigenvalue weighted by molar-refractivity contribution is 5.80. The van der Waals surface area contributed by atoms with Gasteiger partial charge in [0.05, 0.1) is 18.1 Å². The molecule has 0 bridgehead atoms. The number of H-pyrrole nitrogens is 1. The number of nitrogens with one attached hydrogen (secondary N) is 1. The third kappa shape index (κ3) is 1.84. The molecule has 0 aliphatic carbocycles. The molecule has 0 fully saturated rings. The Hall–Kier alpha value is -2.29. The molecule has 0 radical (unpaired) electrons. The van der Waals surface area contributed by atoms with E-state index in [1.807, 2.05) is 24.3 Å². The van der Waals surface area contributed by atoms with Crippen LogP contribution < -0.4 is 4.74 Å². The molecule has 3 nitrogen and oxygen atoms in total. The minimum absolute atomic E-state index is 0.853. The van der Waals surface area contributed by atoms with E-state index in [2.05, 4.69) is 35.1 Å². The van der Waals surface area contributed by atoms with Gasteiger partial charge in [-0.25, -0.2) is 4.98 Å². The molecule has 0 saturated heterocycles. The summed E-state index contributed by atoms with van der Waals surface area (Å²) in [7, 11) is 1.67. The molecule has 1 N–H and O–H groups in total. The standard InChI is InChI=1S/C15H14N2O/c1-10-3-8-13-14(9-10)17-15(16-13)11-4-6-12(18-2)7-5-11/h3-9H,1-2H3,(H,16,17). The quantitative estimate of drug-likeness (QED) is 0.741. The van der Waals surface area contributed by atoms with Crippen molar-refractivity contribution >= 4 is 11.0 Å². The maximum absolute atomic E-state index is 5.15. The van der Waals surface area contributed by atoms with E-state index >= 15 is 0 Å². The average Bonchev–Trinajstić information content (AvgIpc) is 2.81. The molecule has 1 aromatic heterocycles. The van der Waals surface area contributed by atoms with Crippen LogP contribution in [0.2, 0.25) is 0 Å². The summed E-state index contributed by atoms with van der Waals surface area (Å²) in [5.41, 5.74) is 4.34. The summed E-state index contributed by atoms with van der Waals surface area (Å²) in [6, 6.07) is 14.1. The van der Waals surface area contributed by atoms with Crippen molar-refractivity contribution in [2.45, 2.75) is 6.92 Å². The third-order valence-corrected chi connectivity index (χ3v) is 3.00. The zero-order valence-electron chi connectivity index (χ0n) is 10.4. The fourth-order valence-electron chi connectivity index (χ4n) is 2.00. The first-order chi connectivity index (χ1) is 8.76. The predicted octanol–water partition coefficient (Wildman–Crippen LogP) is 3.55. The Morgan fingerprint density at radius 1 is 1.06 bits per heavy atom. The molecule has 0 aliphatic rings. The first-order valence-electron chi connectivity index (χ1n) is 5.87. The number of hydrogen-bond donors (Lipinski definition) is 1. The van der Waals surface area contributed by atoms with Crippen molar-refractivity contribution in [1.82, 2.24) is 9.97 Å². The minimum Gasteiger partial charge on any atom is -0.497 e. The van der Waals surface area contributed by atoms with Crippen LogP contribution in [-0.4, -0.2) is 17.1 Å². The van der Waals surface area contributed by atoms with Gasteiger partial charge in [0.1, 0.15) is 11.6 Å². The number of nitrogens with zero attached hydrogens (tertiary/aromatic N) is 1. The molecule has 0 atom stereocenters. The Bertz CT molecular complexity index is 683. The van der Waals surface area contributed by atoms with Crippen molar-refractivity contribution in [3.05, 3.63) is 48.0 Å². The number of imidazole rings is 1. The van der Waals surface area contributed by atoms with Crippen LogP contribution in [0.4, 0.5) is 0 Å². The van der Waals surface area contributed by atoms with Crippen LogP contribution in [0.25, 0.3) is 22.4 Å². The van der Waals surface area contributed by atoms with Crippen molar-refractivity contribution < 1.29 is 4.74 Å². The zero-order valence-corrected chi connectivity index (χ0v) is 10.4. The van der Waals surface area contributed by atoms with Gasteiger partial charge in [0.15, 0.2) is 0 Å². The molecule has 3 heteroatoms. The Kier molecular flexibility index (Phi) is 2.52. The number of ether oxygens (including phenoxy) is 1. The maximum Gasteiger partial charge on any atom is 0.138 e. The van der Waals surface area contributed by atoms with Gasteiger partial charge in [-0.05, 0) is 48.9 Å². The lowest BCUT2D eigenvalue weighted by Gasteiger charge is -2.00. The number of methoxy groups -OCH3 is 1. The number of benzene rings is 2. The second kappa shape index (κ2) is 4.18. The molecule has 0 amide bonds. The Labute approximate surface area is 105 Å². The first kappa shape index (κ1) is 10.8. The van der Waals surface area contributed by atoms with E-state index in [0.29, 0.717) is 0 Å². The fourth-order valence-corrected chi connectivity index (χ4v) is 2.00. The third-order valence-electron chi connectivity index (χ3n) is 3.00. The van der Waals surface area contributed by atoms with Gasteiger partial charge in [-0.1, -0.05) is 6.07 Å². The summed E-state index contributed by atoms with van der Waals surface area (Å²) < 4.78 is 5.15. The highest BCUT2D eigenvalue weighted by Gasteiger charge is 2.05. The molecule has 3 aromatic rings. The highest BCUT2D eigenvalue weighted by atomic mass is 16.5. The second-order valence-corrected chi connectivity index (χ2v) is 4.33. The maximum atomic E-state index is 5.15. The number of rotatable bonds is 2. The lowest BCUT2D eigenvalue weighted by molar-refractivity contribution is 0.415. The molecule has 0 spiro atoms. The van der Waals surface area contributed by atoms with E-state index < -0.39 is 0 Å². The van der Waals surface area contributed by atoms with Crippen molar-refractivity contribution in [3.63, 3.8) is 0 Å². The summed E-state index contributed by atoms with van der Waals surface area (Å²) in [6.45, 7) is 2.07. The van der Waals surface area contributed by atoms with Crippen LogP contribution in [0.1, 0.15) is 5.56 Å². The summed E-state index contributed by atoms with van der Waals surface area (Å²) in [4.78, 5) is 7.93. The lowest BCUT2D eigenvalue weighted by Crippen LogP contribution is -1.83. The minimum atomic E-state index is 0.853. The van der Waals surface area contributed by atoms with E-state index in [0.717, 1.165) is 28.2 Å². The van der Waals surface area contributed by atoms with Crippen LogP contribution in [0.3, 0.4) is 0 Å². The molecule has 90 valence electrons. The summed E-state index contributed by atoms with van der Waals surface area (Å²) in [5, 5.41) is 0. The Morgan fingerprint density at radius 3 is 2.56 bits per heavy atom. The van der Waals surface area contributed by atoms with E-state index in [9.17, 15) is 0 Å². The van der Waals surface area contributed by atoms with Crippen molar-refractivity contribution in [1.29, 1.82) is 0 Å². The predicted molar refractivity (Wildman–Crippen MR) is 72.8 cm³/mol. The summed E-state index contributed by atoms with van der Waals surface area (Å²) in [6.07, 6.45) is 0. The van der Waals surface area contributed by atoms with Crippen LogP contribution in [0.5, 0.6) is 5.75 Å². The van der Waals surface area contributed by atoms with Gasteiger partial charge < -0.3 is 9.72 Å². The number of hydrogen-bond acceptors (Lipinski definition) is 2. The SMILES string of the molecule is COc1ccc(-c2nc3cc(C)ccc3[nH]2)cc1. The van der Waals surface area contributed by atoms with Crippen molar-refractivity contribution in [3.8, 4) is 17.1 Å². The van der Waals surface area contributed by atoms with E-state index in [-0.39, 0.29) is 0 Å². The Balaban J connectivity index is 2.07. The van der Waals surface area contributed by atoms with Gasteiger partial charge in [-0.3, -0.25) is 0 Å². The average molecular weight is 238 g/mol. The van der Waals surface area contributed by atoms with Gasteiger partial charge in [-0.2, -0.15) is 0 Å². The molecule has 0 saturated carbocycles. The largest absolute Gasteiger partial charge is 0.497 e.